The molecule has 0 bridgehead atoms. The molecule has 1 heterocycles. The largest absolute Gasteiger partial charge is 0.296 e. The molecule has 16 heavy (non-hydrogen) atoms. The SMILES string of the molecule is CCc1nnc(NC(=O)c2ccccc2)s1. The van der Waals surface area contributed by atoms with Crippen LogP contribution in [0.25, 0.3) is 0 Å². The third-order valence-electron chi connectivity index (χ3n) is 2.03. The fourth-order valence-corrected chi connectivity index (χ4v) is 1.88. The Balaban J connectivity index is 2.08. The molecule has 0 saturated carbocycles. The monoisotopic (exact) mass is 233 g/mol. The van der Waals surface area contributed by atoms with E-state index in [2.05, 4.69) is 15.5 Å². The van der Waals surface area contributed by atoms with E-state index in [4.69, 9.17) is 0 Å². The number of benzene rings is 1. The number of carbonyl (C=O) groups excluding carboxylic acids is 1. The van der Waals surface area contributed by atoms with Gasteiger partial charge < -0.3 is 0 Å². The molecule has 1 aromatic heterocycles. The molecule has 2 aromatic rings. The van der Waals surface area contributed by atoms with Crippen molar-refractivity contribution in [2.75, 3.05) is 5.32 Å². The highest BCUT2D eigenvalue weighted by atomic mass is 32.1. The van der Waals surface area contributed by atoms with Gasteiger partial charge >= 0.3 is 0 Å². The molecule has 0 fully saturated rings. The number of amides is 1. The van der Waals surface area contributed by atoms with Gasteiger partial charge in [0.1, 0.15) is 5.01 Å². The van der Waals surface area contributed by atoms with Crippen LogP contribution in [0, 0.1) is 0 Å². The van der Waals surface area contributed by atoms with Crippen LogP contribution < -0.4 is 5.32 Å². The zero-order valence-electron chi connectivity index (χ0n) is 8.80. The van der Waals surface area contributed by atoms with Crippen molar-refractivity contribution in [3.05, 3.63) is 40.9 Å². The number of nitrogens with zero attached hydrogens (tertiary/aromatic N) is 2. The van der Waals surface area contributed by atoms with Gasteiger partial charge in [0.15, 0.2) is 0 Å². The summed E-state index contributed by atoms with van der Waals surface area (Å²) in [4.78, 5) is 11.7. The first-order chi connectivity index (χ1) is 7.79. The summed E-state index contributed by atoms with van der Waals surface area (Å²) < 4.78 is 0. The molecule has 82 valence electrons. The minimum absolute atomic E-state index is 0.153. The van der Waals surface area contributed by atoms with E-state index in [1.807, 2.05) is 25.1 Å². The molecule has 0 radical (unpaired) electrons. The van der Waals surface area contributed by atoms with Crippen LogP contribution in [-0.4, -0.2) is 16.1 Å². The van der Waals surface area contributed by atoms with Gasteiger partial charge in [0.25, 0.3) is 5.91 Å². The first kappa shape index (κ1) is 10.8. The molecule has 1 aromatic carbocycles. The van der Waals surface area contributed by atoms with Crippen LogP contribution in [-0.2, 0) is 6.42 Å². The van der Waals surface area contributed by atoms with E-state index in [1.165, 1.54) is 11.3 Å². The van der Waals surface area contributed by atoms with Crippen LogP contribution in [0.1, 0.15) is 22.3 Å². The molecule has 0 unspecified atom stereocenters. The average molecular weight is 233 g/mol. The van der Waals surface area contributed by atoms with Crippen molar-refractivity contribution in [2.24, 2.45) is 0 Å². The predicted molar refractivity (Wildman–Crippen MR) is 63.7 cm³/mol. The number of hydrogen-bond acceptors (Lipinski definition) is 4. The summed E-state index contributed by atoms with van der Waals surface area (Å²) in [5, 5.41) is 12.0. The van der Waals surface area contributed by atoms with E-state index in [-0.39, 0.29) is 5.91 Å². The number of hydrogen-bond donors (Lipinski definition) is 1. The van der Waals surface area contributed by atoms with E-state index in [0.717, 1.165) is 11.4 Å². The van der Waals surface area contributed by atoms with Crippen molar-refractivity contribution in [2.45, 2.75) is 13.3 Å². The topological polar surface area (TPSA) is 54.9 Å². The van der Waals surface area contributed by atoms with Crippen LogP contribution in [0.3, 0.4) is 0 Å². The van der Waals surface area contributed by atoms with Gasteiger partial charge in [-0.05, 0) is 18.6 Å². The maximum Gasteiger partial charge on any atom is 0.257 e. The molecule has 2 rings (SSSR count). The third-order valence-corrected chi connectivity index (χ3v) is 3.01. The Morgan fingerprint density at radius 2 is 2.06 bits per heavy atom. The van der Waals surface area contributed by atoms with Crippen molar-refractivity contribution in [1.82, 2.24) is 10.2 Å². The smallest absolute Gasteiger partial charge is 0.257 e. The van der Waals surface area contributed by atoms with Crippen LogP contribution in [0.15, 0.2) is 30.3 Å². The summed E-state index contributed by atoms with van der Waals surface area (Å²) >= 11 is 1.40. The maximum atomic E-state index is 11.7. The second-order valence-electron chi connectivity index (χ2n) is 3.17. The first-order valence-electron chi connectivity index (χ1n) is 4.98. The summed E-state index contributed by atoms with van der Waals surface area (Å²) in [5.41, 5.74) is 0.621. The predicted octanol–water partition coefficient (Wildman–Crippen LogP) is 2.35. The van der Waals surface area contributed by atoms with Crippen molar-refractivity contribution in [3.8, 4) is 0 Å². The second kappa shape index (κ2) is 4.85. The van der Waals surface area contributed by atoms with E-state index < -0.39 is 0 Å². The van der Waals surface area contributed by atoms with Crippen molar-refractivity contribution in [1.29, 1.82) is 0 Å². The molecule has 4 nitrogen and oxygen atoms in total. The summed E-state index contributed by atoms with van der Waals surface area (Å²) in [5.74, 6) is -0.153. The van der Waals surface area contributed by atoms with Gasteiger partial charge in [0.2, 0.25) is 5.13 Å². The first-order valence-corrected chi connectivity index (χ1v) is 5.80. The minimum atomic E-state index is -0.153. The Labute approximate surface area is 97.3 Å². The molecule has 0 aliphatic rings. The fraction of sp³-hybridized carbons (Fsp3) is 0.182. The lowest BCUT2D eigenvalue weighted by molar-refractivity contribution is 0.102. The van der Waals surface area contributed by atoms with Gasteiger partial charge in [0, 0.05) is 5.56 Å². The summed E-state index contributed by atoms with van der Waals surface area (Å²) in [7, 11) is 0. The van der Waals surface area contributed by atoms with Crippen LogP contribution in [0.4, 0.5) is 5.13 Å². The number of anilines is 1. The van der Waals surface area contributed by atoms with Gasteiger partial charge in [-0.2, -0.15) is 0 Å². The molecular weight excluding hydrogens is 222 g/mol. The molecule has 0 aliphatic carbocycles. The van der Waals surface area contributed by atoms with Crippen molar-refractivity contribution in [3.63, 3.8) is 0 Å². The highest BCUT2D eigenvalue weighted by Crippen LogP contribution is 2.16. The van der Waals surface area contributed by atoms with Crippen LogP contribution >= 0.6 is 11.3 Å². The Morgan fingerprint density at radius 3 is 2.69 bits per heavy atom. The Morgan fingerprint density at radius 1 is 1.31 bits per heavy atom. The van der Waals surface area contributed by atoms with E-state index in [9.17, 15) is 4.79 Å². The minimum Gasteiger partial charge on any atom is -0.296 e. The highest BCUT2D eigenvalue weighted by Gasteiger charge is 2.08. The zero-order chi connectivity index (χ0) is 11.4. The van der Waals surface area contributed by atoms with Gasteiger partial charge in [0.05, 0.1) is 0 Å². The fourth-order valence-electron chi connectivity index (χ4n) is 1.21. The van der Waals surface area contributed by atoms with Gasteiger partial charge in [-0.3, -0.25) is 10.1 Å². The van der Waals surface area contributed by atoms with E-state index in [0.29, 0.717) is 10.7 Å². The standard InChI is InChI=1S/C11H11N3OS/c1-2-9-13-14-11(16-9)12-10(15)8-6-4-3-5-7-8/h3-7H,2H2,1H3,(H,12,14,15). The molecule has 0 saturated heterocycles. The molecule has 0 atom stereocenters. The molecule has 1 N–H and O–H groups in total. The number of aromatic nitrogens is 2. The Bertz CT molecular complexity index is 481. The lowest BCUT2D eigenvalue weighted by Crippen LogP contribution is -2.11. The molecule has 5 heteroatoms. The summed E-state index contributed by atoms with van der Waals surface area (Å²) in [6, 6.07) is 9.05. The highest BCUT2D eigenvalue weighted by molar-refractivity contribution is 7.15. The van der Waals surface area contributed by atoms with E-state index in [1.54, 1.807) is 12.1 Å². The molecule has 1 amide bonds. The molecular formula is C11H11N3OS. The van der Waals surface area contributed by atoms with E-state index >= 15 is 0 Å². The van der Waals surface area contributed by atoms with Gasteiger partial charge in [-0.1, -0.05) is 36.5 Å². The zero-order valence-corrected chi connectivity index (χ0v) is 9.62. The van der Waals surface area contributed by atoms with Crippen LogP contribution in [0.2, 0.25) is 0 Å². The lowest BCUT2D eigenvalue weighted by Gasteiger charge is -1.99. The second-order valence-corrected chi connectivity index (χ2v) is 4.24. The number of rotatable bonds is 3. The lowest BCUT2D eigenvalue weighted by atomic mass is 10.2. The van der Waals surface area contributed by atoms with Gasteiger partial charge in [-0.25, -0.2) is 0 Å². The third kappa shape index (κ3) is 2.43. The average Bonchev–Trinajstić information content (AvgIpc) is 2.78. The normalized spacial score (nSPS) is 10.1. The van der Waals surface area contributed by atoms with Crippen molar-refractivity contribution < 1.29 is 4.79 Å². The van der Waals surface area contributed by atoms with Gasteiger partial charge in [-0.15, -0.1) is 10.2 Å². The quantitative estimate of drug-likeness (QED) is 0.885. The summed E-state index contributed by atoms with van der Waals surface area (Å²) in [6.45, 7) is 2.00. The number of aryl methyl sites for hydroxylation is 1. The Kier molecular flexibility index (Phi) is 3.26. The van der Waals surface area contributed by atoms with Crippen LogP contribution in [0.5, 0.6) is 0 Å². The molecule has 0 aliphatic heterocycles. The number of carbonyl (C=O) groups is 1. The van der Waals surface area contributed by atoms with Crippen molar-refractivity contribution >= 4 is 22.4 Å². The maximum absolute atomic E-state index is 11.7. The Hall–Kier alpha value is -1.75. The molecule has 0 spiro atoms. The number of nitrogens with one attached hydrogen (secondary N) is 1. The summed E-state index contributed by atoms with van der Waals surface area (Å²) in [6.07, 6.45) is 0.832.